The maximum absolute atomic E-state index is 12.2. The summed E-state index contributed by atoms with van der Waals surface area (Å²) in [5.41, 5.74) is -0.556. The minimum absolute atomic E-state index is 0.0606. The molecule has 0 spiro atoms. The van der Waals surface area contributed by atoms with Gasteiger partial charge in [-0.2, -0.15) is 0 Å². The average molecular weight is 271 g/mol. The lowest BCUT2D eigenvalue weighted by atomic mass is 10.2. The highest BCUT2D eigenvalue weighted by atomic mass is 16.6. The fraction of sp³-hybridized carbons (Fsp3) is 0.846. The number of carbonyl (C=O) groups excluding carboxylic acids is 2. The van der Waals surface area contributed by atoms with E-state index < -0.39 is 17.7 Å². The topological polar surface area (TPSA) is 70.7 Å². The quantitative estimate of drug-likeness (QED) is 0.776. The maximum Gasteiger partial charge on any atom is 0.408 e. The smallest absolute Gasteiger partial charge is 0.408 e. The molecule has 0 aromatic carbocycles. The average Bonchev–Trinajstić information content (AvgIpc) is 2.53. The van der Waals surface area contributed by atoms with Crippen LogP contribution in [0.15, 0.2) is 0 Å². The normalized spacial score (nSPS) is 18.4. The number of alkyl carbamates (subject to hydrolysis) is 1. The molecule has 0 aliphatic carbocycles. The highest BCUT2D eigenvalue weighted by Gasteiger charge is 2.24. The van der Waals surface area contributed by atoms with E-state index in [1.54, 1.807) is 32.6 Å². The molecule has 0 aromatic heterocycles. The molecule has 1 aliphatic heterocycles. The van der Waals surface area contributed by atoms with Crippen molar-refractivity contribution in [2.75, 3.05) is 26.2 Å². The molecule has 6 heteroatoms. The standard InChI is InChI=1S/C13H25N3O3/c1-10(15-12(18)19-13(2,3)4)11(17)16-8-5-6-14-7-9-16/h10,14H,5-9H2,1-4H3,(H,15,18)/t10-/m0/s1. The summed E-state index contributed by atoms with van der Waals surface area (Å²) in [4.78, 5) is 25.6. The SMILES string of the molecule is C[C@H](NC(=O)OC(C)(C)C)C(=O)N1CCCNCC1. The van der Waals surface area contributed by atoms with Crippen LogP contribution in [0.2, 0.25) is 0 Å². The fourth-order valence-corrected chi connectivity index (χ4v) is 1.89. The molecule has 1 rings (SSSR count). The maximum atomic E-state index is 12.2. The van der Waals surface area contributed by atoms with Gasteiger partial charge in [-0.15, -0.1) is 0 Å². The molecule has 0 unspecified atom stereocenters. The monoisotopic (exact) mass is 271 g/mol. The molecular weight excluding hydrogens is 246 g/mol. The van der Waals surface area contributed by atoms with Crippen LogP contribution in [0.25, 0.3) is 0 Å². The predicted molar refractivity (Wildman–Crippen MR) is 72.9 cm³/mol. The van der Waals surface area contributed by atoms with Gasteiger partial charge < -0.3 is 20.3 Å². The number of hydrogen-bond acceptors (Lipinski definition) is 4. The van der Waals surface area contributed by atoms with Crippen LogP contribution in [0.3, 0.4) is 0 Å². The van der Waals surface area contributed by atoms with Crippen LogP contribution in [-0.4, -0.2) is 54.7 Å². The lowest BCUT2D eigenvalue weighted by molar-refractivity contribution is -0.132. The molecule has 0 radical (unpaired) electrons. The van der Waals surface area contributed by atoms with E-state index in [9.17, 15) is 9.59 Å². The third-order valence-electron chi connectivity index (χ3n) is 2.76. The van der Waals surface area contributed by atoms with Crippen LogP contribution in [0.1, 0.15) is 34.1 Å². The second kappa shape index (κ2) is 6.75. The van der Waals surface area contributed by atoms with Crippen LogP contribution in [0.4, 0.5) is 4.79 Å². The number of nitrogens with one attached hydrogen (secondary N) is 2. The molecule has 1 heterocycles. The molecule has 1 aliphatic rings. The van der Waals surface area contributed by atoms with Crippen molar-refractivity contribution in [2.45, 2.75) is 45.8 Å². The van der Waals surface area contributed by atoms with Gasteiger partial charge in [0.15, 0.2) is 0 Å². The lowest BCUT2D eigenvalue weighted by Gasteiger charge is -2.26. The van der Waals surface area contributed by atoms with Crippen LogP contribution in [0.5, 0.6) is 0 Å². The molecule has 6 nitrogen and oxygen atoms in total. The molecule has 0 bridgehead atoms. The number of rotatable bonds is 2. The Bertz CT molecular complexity index is 318. The van der Waals surface area contributed by atoms with Crippen molar-refractivity contribution in [3.05, 3.63) is 0 Å². The molecule has 1 fully saturated rings. The van der Waals surface area contributed by atoms with Crippen LogP contribution in [0, 0.1) is 0 Å². The molecule has 2 N–H and O–H groups in total. The first-order valence-electron chi connectivity index (χ1n) is 6.78. The van der Waals surface area contributed by atoms with E-state index in [4.69, 9.17) is 4.74 Å². The zero-order valence-corrected chi connectivity index (χ0v) is 12.3. The van der Waals surface area contributed by atoms with Gasteiger partial charge in [-0.05, 0) is 40.7 Å². The van der Waals surface area contributed by atoms with Crippen molar-refractivity contribution < 1.29 is 14.3 Å². The predicted octanol–water partition coefficient (Wildman–Crippen LogP) is 0.722. The first kappa shape index (κ1) is 15.8. The Kier molecular flexibility index (Phi) is 5.60. The molecule has 2 amide bonds. The second-order valence-electron chi connectivity index (χ2n) is 5.80. The van der Waals surface area contributed by atoms with E-state index >= 15 is 0 Å². The van der Waals surface area contributed by atoms with Gasteiger partial charge in [-0.3, -0.25) is 4.79 Å². The number of carbonyl (C=O) groups is 2. The van der Waals surface area contributed by atoms with Crippen molar-refractivity contribution in [3.8, 4) is 0 Å². The number of ether oxygens (including phenoxy) is 1. The van der Waals surface area contributed by atoms with Crippen LogP contribution in [-0.2, 0) is 9.53 Å². The van der Waals surface area contributed by atoms with Gasteiger partial charge in [-0.25, -0.2) is 4.79 Å². The molecule has 0 aromatic rings. The van der Waals surface area contributed by atoms with Crippen LogP contribution >= 0.6 is 0 Å². The van der Waals surface area contributed by atoms with E-state index in [-0.39, 0.29) is 5.91 Å². The van der Waals surface area contributed by atoms with Gasteiger partial charge in [0.2, 0.25) is 5.91 Å². The zero-order chi connectivity index (χ0) is 14.5. The summed E-state index contributed by atoms with van der Waals surface area (Å²) < 4.78 is 5.14. The number of amides is 2. The zero-order valence-electron chi connectivity index (χ0n) is 12.3. The van der Waals surface area contributed by atoms with Gasteiger partial charge in [0, 0.05) is 19.6 Å². The third-order valence-corrected chi connectivity index (χ3v) is 2.76. The van der Waals surface area contributed by atoms with Crippen molar-refractivity contribution in [3.63, 3.8) is 0 Å². The second-order valence-corrected chi connectivity index (χ2v) is 5.80. The summed E-state index contributed by atoms with van der Waals surface area (Å²) in [5.74, 6) is -0.0606. The van der Waals surface area contributed by atoms with Gasteiger partial charge in [0.1, 0.15) is 11.6 Å². The highest BCUT2D eigenvalue weighted by Crippen LogP contribution is 2.07. The Morgan fingerprint density at radius 2 is 1.95 bits per heavy atom. The van der Waals surface area contributed by atoms with Crippen molar-refractivity contribution >= 4 is 12.0 Å². The Morgan fingerprint density at radius 1 is 1.26 bits per heavy atom. The molecule has 1 saturated heterocycles. The lowest BCUT2D eigenvalue weighted by Crippen LogP contribution is -2.49. The Hall–Kier alpha value is -1.30. The van der Waals surface area contributed by atoms with Crippen molar-refractivity contribution in [1.29, 1.82) is 0 Å². The van der Waals surface area contributed by atoms with E-state index in [2.05, 4.69) is 10.6 Å². The van der Waals surface area contributed by atoms with E-state index in [1.165, 1.54) is 0 Å². The Labute approximate surface area is 114 Å². The summed E-state index contributed by atoms with van der Waals surface area (Å²) in [6.07, 6.45) is 0.381. The summed E-state index contributed by atoms with van der Waals surface area (Å²) in [5, 5.41) is 5.82. The highest BCUT2D eigenvalue weighted by molar-refractivity contribution is 5.85. The van der Waals surface area contributed by atoms with Crippen LogP contribution < -0.4 is 10.6 Å². The number of nitrogens with zero attached hydrogens (tertiary/aromatic N) is 1. The minimum atomic E-state index is -0.562. The van der Waals surface area contributed by atoms with Crippen molar-refractivity contribution in [2.24, 2.45) is 0 Å². The van der Waals surface area contributed by atoms with Gasteiger partial charge in [-0.1, -0.05) is 0 Å². The summed E-state index contributed by atoms with van der Waals surface area (Å²) in [7, 11) is 0. The Morgan fingerprint density at radius 3 is 2.58 bits per heavy atom. The summed E-state index contributed by atoms with van der Waals surface area (Å²) in [6, 6.07) is -0.562. The molecular formula is C13H25N3O3. The molecule has 1 atom stereocenters. The molecule has 0 saturated carbocycles. The summed E-state index contributed by atoms with van der Waals surface area (Å²) in [6.45, 7) is 10.2. The minimum Gasteiger partial charge on any atom is -0.444 e. The first-order valence-corrected chi connectivity index (χ1v) is 6.78. The summed E-state index contributed by atoms with van der Waals surface area (Å²) >= 11 is 0. The third kappa shape index (κ3) is 5.92. The fourth-order valence-electron chi connectivity index (χ4n) is 1.89. The van der Waals surface area contributed by atoms with Gasteiger partial charge in [0.25, 0.3) is 0 Å². The van der Waals surface area contributed by atoms with Gasteiger partial charge in [0.05, 0.1) is 0 Å². The van der Waals surface area contributed by atoms with E-state index in [0.29, 0.717) is 6.54 Å². The number of hydrogen-bond donors (Lipinski definition) is 2. The van der Waals surface area contributed by atoms with Crippen molar-refractivity contribution in [1.82, 2.24) is 15.5 Å². The van der Waals surface area contributed by atoms with E-state index in [0.717, 1.165) is 26.1 Å². The molecule has 19 heavy (non-hydrogen) atoms. The van der Waals surface area contributed by atoms with E-state index in [1.807, 2.05) is 0 Å². The largest absolute Gasteiger partial charge is 0.444 e. The first-order chi connectivity index (χ1) is 8.79. The van der Waals surface area contributed by atoms with Gasteiger partial charge >= 0.3 is 6.09 Å². The molecule has 110 valence electrons. The Balaban J connectivity index is 2.45.